The number of benzene rings is 3. The minimum atomic E-state index is -5.15. The second-order valence-corrected chi connectivity index (χ2v) is 9.90. The molecule has 0 saturated carbocycles. The lowest BCUT2D eigenvalue weighted by Crippen LogP contribution is -2.37. The lowest BCUT2D eigenvalue weighted by Gasteiger charge is -2.27. The van der Waals surface area contributed by atoms with Gasteiger partial charge in [0.2, 0.25) is 5.91 Å². The number of carbonyl (C=O) groups excluding carboxylic acids is 2. The summed E-state index contributed by atoms with van der Waals surface area (Å²) < 4.78 is 80.7. The van der Waals surface area contributed by atoms with Crippen LogP contribution in [0.1, 0.15) is 32.6 Å². The fraction of sp³-hybridized carbons (Fsp3) is 0.200. The quantitative estimate of drug-likeness (QED) is 0.0935. The second-order valence-electron chi connectivity index (χ2n) is 9.90. The maximum atomic E-state index is 13.5. The van der Waals surface area contributed by atoms with Gasteiger partial charge in [0, 0.05) is 41.9 Å². The van der Waals surface area contributed by atoms with E-state index in [0.29, 0.717) is 17.7 Å². The SMILES string of the molecule is Cc1c(NC(=O)C=CC(Cc2c[nH]c3ccccc23)N(C)C(=O)c2cc(C(F)(F)F)cc(C(F)(F)F)c2)cccc1[N+](=O)[O-]. The molecule has 1 heterocycles. The summed E-state index contributed by atoms with van der Waals surface area (Å²) in [7, 11) is 1.20. The molecule has 2 amide bonds. The van der Waals surface area contributed by atoms with Gasteiger partial charge in [-0.1, -0.05) is 30.3 Å². The number of halogens is 6. The van der Waals surface area contributed by atoms with Crippen LogP contribution in [0.5, 0.6) is 0 Å². The van der Waals surface area contributed by atoms with E-state index < -0.39 is 51.8 Å². The van der Waals surface area contributed by atoms with Gasteiger partial charge >= 0.3 is 12.4 Å². The van der Waals surface area contributed by atoms with Gasteiger partial charge < -0.3 is 15.2 Å². The molecule has 0 spiro atoms. The number of nitrogens with one attached hydrogen (secondary N) is 2. The Labute approximate surface area is 246 Å². The average Bonchev–Trinajstić information content (AvgIpc) is 3.37. The second kappa shape index (κ2) is 12.2. The van der Waals surface area contributed by atoms with Crippen molar-refractivity contribution < 1.29 is 40.9 Å². The summed E-state index contributed by atoms with van der Waals surface area (Å²) in [6, 6.07) is 10.8. The molecule has 0 fully saturated rings. The molecule has 4 rings (SSSR count). The molecule has 0 saturated heterocycles. The lowest BCUT2D eigenvalue weighted by atomic mass is 10.0. The van der Waals surface area contributed by atoms with Crippen molar-refractivity contribution in [2.45, 2.75) is 31.7 Å². The molecular weight excluding hydrogens is 594 g/mol. The van der Waals surface area contributed by atoms with Crippen molar-refractivity contribution in [3.05, 3.63) is 117 Å². The fourth-order valence-corrected chi connectivity index (χ4v) is 4.62. The van der Waals surface area contributed by atoms with Gasteiger partial charge in [-0.25, -0.2) is 0 Å². The smallest absolute Gasteiger partial charge is 0.361 e. The van der Waals surface area contributed by atoms with E-state index in [2.05, 4.69) is 10.3 Å². The number of fused-ring (bicyclic) bond motifs is 1. The number of hydrogen-bond donors (Lipinski definition) is 2. The summed E-state index contributed by atoms with van der Waals surface area (Å²) in [4.78, 5) is 40.8. The first-order valence-electron chi connectivity index (χ1n) is 12.9. The molecule has 1 unspecified atom stereocenters. The van der Waals surface area contributed by atoms with Gasteiger partial charge in [0.1, 0.15) is 0 Å². The number of aromatic nitrogens is 1. The number of likely N-dealkylation sites (N-methyl/N-ethyl adjacent to an activating group) is 1. The Morgan fingerprint density at radius 3 is 2.25 bits per heavy atom. The Kier molecular flexibility index (Phi) is 8.83. The standard InChI is InChI=1S/C30H24F6N4O4/c1-17-24(8-5-9-26(17)40(43)44)38-27(41)11-10-22(14-19-16-37-25-7-4-3-6-23(19)25)39(2)28(42)18-12-20(29(31,32)33)15-21(13-18)30(34,35)36/h3-13,15-16,22,37H,14H2,1-2H3,(H,38,41). The van der Waals surface area contributed by atoms with Crippen LogP contribution in [-0.2, 0) is 23.6 Å². The summed E-state index contributed by atoms with van der Waals surface area (Å²) in [6.07, 6.45) is -6.32. The molecular formula is C30H24F6N4O4. The predicted molar refractivity (Wildman–Crippen MR) is 150 cm³/mol. The predicted octanol–water partition coefficient (Wildman–Crippen LogP) is 7.30. The molecule has 0 bridgehead atoms. The van der Waals surface area contributed by atoms with Crippen molar-refractivity contribution in [3.63, 3.8) is 0 Å². The van der Waals surface area contributed by atoms with Gasteiger partial charge in [-0.15, -0.1) is 0 Å². The van der Waals surface area contributed by atoms with Crippen molar-refractivity contribution in [1.82, 2.24) is 9.88 Å². The van der Waals surface area contributed by atoms with Crippen molar-refractivity contribution in [2.75, 3.05) is 12.4 Å². The summed E-state index contributed by atoms with van der Waals surface area (Å²) in [5.74, 6) is -1.89. The molecule has 0 aliphatic rings. The highest BCUT2D eigenvalue weighted by atomic mass is 19.4. The van der Waals surface area contributed by atoms with Crippen molar-refractivity contribution >= 4 is 34.1 Å². The van der Waals surface area contributed by atoms with Crippen LogP contribution in [0, 0.1) is 17.0 Å². The zero-order valence-corrected chi connectivity index (χ0v) is 23.1. The zero-order valence-electron chi connectivity index (χ0n) is 23.1. The minimum absolute atomic E-state index is 0.0248. The van der Waals surface area contributed by atoms with Crippen LogP contribution < -0.4 is 5.32 Å². The number of anilines is 1. The van der Waals surface area contributed by atoms with Gasteiger partial charge in [0.25, 0.3) is 11.6 Å². The highest BCUT2D eigenvalue weighted by molar-refractivity contribution is 6.00. The minimum Gasteiger partial charge on any atom is -0.361 e. The van der Waals surface area contributed by atoms with Crippen LogP contribution in [0.25, 0.3) is 10.9 Å². The van der Waals surface area contributed by atoms with Crippen LogP contribution in [0.4, 0.5) is 37.7 Å². The number of hydrogen-bond acceptors (Lipinski definition) is 4. The van der Waals surface area contributed by atoms with E-state index in [-0.39, 0.29) is 29.4 Å². The zero-order chi connectivity index (χ0) is 32.4. The third-order valence-corrected chi connectivity index (χ3v) is 6.99. The van der Waals surface area contributed by atoms with E-state index in [0.717, 1.165) is 21.9 Å². The van der Waals surface area contributed by atoms with Gasteiger partial charge in [-0.05, 0) is 49.2 Å². The lowest BCUT2D eigenvalue weighted by molar-refractivity contribution is -0.385. The molecule has 44 heavy (non-hydrogen) atoms. The Balaban J connectivity index is 1.69. The number of rotatable bonds is 8. The van der Waals surface area contributed by atoms with Crippen molar-refractivity contribution in [1.29, 1.82) is 0 Å². The van der Waals surface area contributed by atoms with Crippen molar-refractivity contribution in [2.24, 2.45) is 0 Å². The van der Waals surface area contributed by atoms with Crippen LogP contribution >= 0.6 is 0 Å². The van der Waals surface area contributed by atoms with E-state index in [1.807, 2.05) is 0 Å². The van der Waals surface area contributed by atoms with Gasteiger partial charge in [-0.2, -0.15) is 26.3 Å². The number of carbonyl (C=O) groups is 2. The van der Waals surface area contributed by atoms with Gasteiger partial charge in [0.05, 0.1) is 33.3 Å². The van der Waals surface area contributed by atoms with Gasteiger partial charge in [-0.3, -0.25) is 19.7 Å². The molecule has 230 valence electrons. The molecule has 1 aromatic heterocycles. The molecule has 1 atom stereocenters. The van der Waals surface area contributed by atoms with Crippen LogP contribution in [0.15, 0.2) is 79.0 Å². The van der Waals surface area contributed by atoms with Gasteiger partial charge in [0.15, 0.2) is 0 Å². The third kappa shape index (κ3) is 7.07. The van der Waals surface area contributed by atoms with Crippen LogP contribution in [0.3, 0.4) is 0 Å². The molecule has 8 nitrogen and oxygen atoms in total. The monoisotopic (exact) mass is 618 g/mol. The Bertz CT molecular complexity index is 1730. The highest BCUT2D eigenvalue weighted by Crippen LogP contribution is 2.37. The molecule has 0 radical (unpaired) electrons. The van der Waals surface area contributed by atoms with E-state index in [1.165, 1.54) is 38.2 Å². The first kappa shape index (κ1) is 31.8. The third-order valence-electron chi connectivity index (χ3n) is 6.99. The van der Waals surface area contributed by atoms with Crippen LogP contribution in [-0.4, -0.2) is 39.7 Å². The number of para-hydroxylation sites is 1. The molecule has 2 N–H and O–H groups in total. The number of amides is 2. The van der Waals surface area contributed by atoms with Crippen LogP contribution in [0.2, 0.25) is 0 Å². The van der Waals surface area contributed by atoms with Crippen molar-refractivity contribution in [3.8, 4) is 0 Å². The fourth-order valence-electron chi connectivity index (χ4n) is 4.62. The normalized spacial score (nSPS) is 12.8. The average molecular weight is 619 g/mol. The number of nitrogens with zero attached hydrogens (tertiary/aromatic N) is 2. The summed E-state index contributed by atoms with van der Waals surface area (Å²) in [5.41, 5.74) is -2.62. The topological polar surface area (TPSA) is 108 Å². The molecule has 0 aliphatic carbocycles. The number of nitro groups is 1. The molecule has 0 aliphatic heterocycles. The maximum Gasteiger partial charge on any atom is 0.416 e. The number of nitro benzene ring substituents is 1. The van der Waals surface area contributed by atoms with E-state index in [1.54, 1.807) is 30.5 Å². The number of H-pyrrole nitrogens is 1. The van der Waals surface area contributed by atoms with E-state index in [9.17, 15) is 46.0 Å². The summed E-state index contributed by atoms with van der Waals surface area (Å²) >= 11 is 0. The summed E-state index contributed by atoms with van der Waals surface area (Å²) in [6.45, 7) is 1.44. The Morgan fingerprint density at radius 2 is 1.64 bits per heavy atom. The summed E-state index contributed by atoms with van der Waals surface area (Å²) in [5, 5.41) is 14.5. The Hall–Kier alpha value is -5.14. The molecule has 14 heteroatoms. The van der Waals surface area contributed by atoms with E-state index in [4.69, 9.17) is 0 Å². The highest BCUT2D eigenvalue weighted by Gasteiger charge is 2.38. The van der Waals surface area contributed by atoms with E-state index >= 15 is 0 Å². The number of alkyl halides is 6. The maximum absolute atomic E-state index is 13.5. The molecule has 3 aromatic carbocycles. The molecule has 4 aromatic rings. The first-order valence-corrected chi connectivity index (χ1v) is 12.9. The number of aromatic amines is 1. The first-order chi connectivity index (χ1) is 20.6. The largest absolute Gasteiger partial charge is 0.416 e. The Morgan fingerprint density at radius 1 is 1.00 bits per heavy atom.